The van der Waals surface area contributed by atoms with Crippen LogP contribution in [-0.4, -0.2) is 51.4 Å². The molecule has 0 aromatic heterocycles. The average Bonchev–Trinajstić information content (AvgIpc) is 2.94. The first kappa shape index (κ1) is 29.9. The number of hydrogen-bond donors (Lipinski definition) is 1. The topological polar surface area (TPSA) is 96.0 Å². The number of methoxy groups -OCH3 is 1. The molecule has 0 unspecified atom stereocenters. The first-order valence-corrected chi connectivity index (χ1v) is 14.1. The largest absolute Gasteiger partial charge is 0.497 e. The number of nitrogens with zero attached hydrogens (tertiary/aromatic N) is 2. The molecule has 0 bridgehead atoms. The number of halogens is 2. The molecule has 0 aliphatic heterocycles. The van der Waals surface area contributed by atoms with E-state index < -0.39 is 40.2 Å². The van der Waals surface area contributed by atoms with Crippen molar-refractivity contribution in [3.8, 4) is 5.75 Å². The SMILES string of the molecule is CCCNC(=O)[C@@H](C)N(Cc1ccccc1F)C(=O)CN(c1ccc(Cl)cc1)S(=O)(=O)c1ccc(OC)cc1. The summed E-state index contributed by atoms with van der Waals surface area (Å²) in [6.45, 7) is 2.93. The monoisotopic (exact) mass is 575 g/mol. The maximum absolute atomic E-state index is 14.6. The molecular weight excluding hydrogens is 545 g/mol. The maximum atomic E-state index is 14.6. The van der Waals surface area contributed by atoms with Crippen LogP contribution >= 0.6 is 11.6 Å². The number of hydrogen-bond acceptors (Lipinski definition) is 5. The van der Waals surface area contributed by atoms with Gasteiger partial charge in [-0.2, -0.15) is 0 Å². The summed E-state index contributed by atoms with van der Waals surface area (Å²) in [4.78, 5) is 27.7. The summed E-state index contributed by atoms with van der Waals surface area (Å²) in [5.41, 5.74) is 0.384. The second kappa shape index (κ2) is 13.4. The van der Waals surface area contributed by atoms with Crippen molar-refractivity contribution in [1.82, 2.24) is 10.2 Å². The van der Waals surface area contributed by atoms with Gasteiger partial charge in [-0.3, -0.25) is 13.9 Å². The minimum atomic E-state index is -4.25. The highest BCUT2D eigenvalue weighted by molar-refractivity contribution is 7.92. The summed E-state index contributed by atoms with van der Waals surface area (Å²) in [6, 6.07) is 16.6. The number of carbonyl (C=O) groups is 2. The van der Waals surface area contributed by atoms with Gasteiger partial charge in [0.25, 0.3) is 10.0 Å². The normalized spacial score (nSPS) is 11.9. The molecular formula is C28H31ClFN3O5S. The van der Waals surface area contributed by atoms with Gasteiger partial charge >= 0.3 is 0 Å². The van der Waals surface area contributed by atoms with E-state index >= 15 is 0 Å². The number of nitrogens with one attached hydrogen (secondary N) is 1. The zero-order valence-corrected chi connectivity index (χ0v) is 23.5. The van der Waals surface area contributed by atoms with Gasteiger partial charge in [-0.05, 0) is 67.9 Å². The lowest BCUT2D eigenvalue weighted by Gasteiger charge is -2.32. The van der Waals surface area contributed by atoms with Crippen LogP contribution < -0.4 is 14.4 Å². The Balaban J connectivity index is 2.02. The number of sulfonamides is 1. The van der Waals surface area contributed by atoms with Crippen LogP contribution in [0.4, 0.5) is 10.1 Å². The van der Waals surface area contributed by atoms with Crippen LogP contribution in [0.1, 0.15) is 25.8 Å². The summed E-state index contributed by atoms with van der Waals surface area (Å²) in [5, 5.41) is 3.12. The Hall–Kier alpha value is -3.63. The summed E-state index contributed by atoms with van der Waals surface area (Å²) in [7, 11) is -2.79. The van der Waals surface area contributed by atoms with Crippen molar-refractivity contribution < 1.29 is 27.1 Å². The van der Waals surface area contributed by atoms with Crippen molar-refractivity contribution in [2.45, 2.75) is 37.8 Å². The second-order valence-electron chi connectivity index (χ2n) is 8.74. The highest BCUT2D eigenvalue weighted by Crippen LogP contribution is 2.27. The van der Waals surface area contributed by atoms with Crippen LogP contribution in [0.2, 0.25) is 5.02 Å². The Labute approximate surface area is 233 Å². The van der Waals surface area contributed by atoms with E-state index in [1.165, 1.54) is 85.7 Å². The van der Waals surface area contributed by atoms with E-state index in [0.29, 0.717) is 23.7 Å². The van der Waals surface area contributed by atoms with E-state index in [0.717, 1.165) is 4.31 Å². The lowest BCUT2D eigenvalue weighted by atomic mass is 10.1. The Bertz CT molecular complexity index is 1390. The predicted octanol–water partition coefficient (Wildman–Crippen LogP) is 4.63. The molecule has 0 fully saturated rings. The first-order chi connectivity index (χ1) is 18.6. The molecule has 0 heterocycles. The molecule has 0 aliphatic carbocycles. The molecule has 0 aliphatic rings. The van der Waals surface area contributed by atoms with Crippen LogP contribution in [0.3, 0.4) is 0 Å². The zero-order chi connectivity index (χ0) is 28.6. The molecule has 2 amide bonds. The Morgan fingerprint density at radius 3 is 2.26 bits per heavy atom. The van der Waals surface area contributed by atoms with E-state index in [-0.39, 0.29) is 22.7 Å². The van der Waals surface area contributed by atoms with Gasteiger partial charge in [-0.1, -0.05) is 36.7 Å². The molecule has 8 nitrogen and oxygen atoms in total. The van der Waals surface area contributed by atoms with Crippen LogP contribution in [-0.2, 0) is 26.2 Å². The van der Waals surface area contributed by atoms with Gasteiger partial charge in [0.1, 0.15) is 24.2 Å². The molecule has 1 atom stereocenters. The molecule has 39 heavy (non-hydrogen) atoms. The fourth-order valence-electron chi connectivity index (χ4n) is 3.80. The average molecular weight is 576 g/mol. The Kier molecular flexibility index (Phi) is 10.3. The third-order valence-electron chi connectivity index (χ3n) is 6.06. The van der Waals surface area contributed by atoms with Crippen molar-refractivity contribution in [3.63, 3.8) is 0 Å². The van der Waals surface area contributed by atoms with Crippen molar-refractivity contribution >= 4 is 39.1 Å². The third kappa shape index (κ3) is 7.48. The smallest absolute Gasteiger partial charge is 0.264 e. The molecule has 11 heteroatoms. The molecule has 1 N–H and O–H groups in total. The van der Waals surface area contributed by atoms with E-state index in [1.807, 2.05) is 6.92 Å². The van der Waals surface area contributed by atoms with Crippen LogP contribution in [0.15, 0.2) is 77.7 Å². The highest BCUT2D eigenvalue weighted by atomic mass is 35.5. The van der Waals surface area contributed by atoms with E-state index in [1.54, 1.807) is 6.07 Å². The lowest BCUT2D eigenvalue weighted by Crippen LogP contribution is -2.51. The van der Waals surface area contributed by atoms with Crippen molar-refractivity contribution in [2.24, 2.45) is 0 Å². The van der Waals surface area contributed by atoms with Crippen molar-refractivity contribution in [1.29, 1.82) is 0 Å². The van der Waals surface area contributed by atoms with Crippen LogP contribution in [0.25, 0.3) is 0 Å². The minimum absolute atomic E-state index is 0.0690. The summed E-state index contributed by atoms with van der Waals surface area (Å²) in [6.07, 6.45) is 0.685. The van der Waals surface area contributed by atoms with E-state index in [4.69, 9.17) is 16.3 Å². The van der Waals surface area contributed by atoms with E-state index in [9.17, 15) is 22.4 Å². The summed E-state index contributed by atoms with van der Waals surface area (Å²) in [5.74, 6) is -1.20. The Morgan fingerprint density at radius 1 is 1.03 bits per heavy atom. The number of anilines is 1. The van der Waals surface area contributed by atoms with Crippen molar-refractivity contribution in [3.05, 3.63) is 89.2 Å². The number of benzene rings is 3. The number of amides is 2. The zero-order valence-electron chi connectivity index (χ0n) is 21.9. The third-order valence-corrected chi connectivity index (χ3v) is 8.10. The quantitative estimate of drug-likeness (QED) is 0.340. The highest BCUT2D eigenvalue weighted by Gasteiger charge is 2.32. The molecule has 0 spiro atoms. The fraction of sp³-hybridized carbons (Fsp3) is 0.286. The van der Waals surface area contributed by atoms with Gasteiger partial charge in [-0.25, -0.2) is 12.8 Å². The minimum Gasteiger partial charge on any atom is -0.497 e. The van der Waals surface area contributed by atoms with Crippen LogP contribution in [0, 0.1) is 5.82 Å². The maximum Gasteiger partial charge on any atom is 0.264 e. The summed E-state index contributed by atoms with van der Waals surface area (Å²) >= 11 is 6.02. The van der Waals surface area contributed by atoms with Crippen molar-refractivity contribution in [2.75, 3.05) is 24.5 Å². The number of ether oxygens (including phenoxy) is 1. The van der Waals surface area contributed by atoms with Gasteiger partial charge in [0, 0.05) is 23.7 Å². The van der Waals surface area contributed by atoms with Gasteiger partial charge in [0.05, 0.1) is 17.7 Å². The molecule has 208 valence electrons. The van der Waals surface area contributed by atoms with Gasteiger partial charge in [0.2, 0.25) is 11.8 Å². The molecule has 3 rings (SSSR count). The predicted molar refractivity (Wildman–Crippen MR) is 149 cm³/mol. The van der Waals surface area contributed by atoms with Crippen LogP contribution in [0.5, 0.6) is 5.75 Å². The Morgan fingerprint density at radius 2 is 1.67 bits per heavy atom. The molecule has 0 radical (unpaired) electrons. The molecule has 0 saturated carbocycles. The van der Waals surface area contributed by atoms with Gasteiger partial charge in [-0.15, -0.1) is 0 Å². The molecule has 3 aromatic carbocycles. The first-order valence-electron chi connectivity index (χ1n) is 12.3. The lowest BCUT2D eigenvalue weighted by molar-refractivity contribution is -0.139. The van der Waals surface area contributed by atoms with Gasteiger partial charge < -0.3 is 15.0 Å². The van der Waals surface area contributed by atoms with E-state index in [2.05, 4.69) is 5.32 Å². The fourth-order valence-corrected chi connectivity index (χ4v) is 5.34. The van der Waals surface area contributed by atoms with Gasteiger partial charge in [0.15, 0.2) is 0 Å². The number of rotatable bonds is 12. The standard InChI is InChI=1S/C28H31ClFN3O5S/c1-4-17-31-28(35)20(2)32(18-21-7-5-6-8-26(21)30)27(34)19-33(23-11-9-22(29)10-12-23)39(36,37)25-15-13-24(38-3)14-16-25/h5-16,20H,4,17-19H2,1-3H3,(H,31,35)/t20-/m1/s1. The number of carbonyl (C=O) groups excluding carboxylic acids is 2. The molecule has 3 aromatic rings. The summed E-state index contributed by atoms with van der Waals surface area (Å²) < 4.78 is 48.2. The molecule has 0 saturated heterocycles. The second-order valence-corrected chi connectivity index (χ2v) is 11.0.